The molecule has 14 heavy (non-hydrogen) atoms. The van der Waals surface area contributed by atoms with Crippen molar-refractivity contribution in [3.8, 4) is 0 Å². The molecule has 0 saturated heterocycles. The van der Waals surface area contributed by atoms with Crippen LogP contribution in [0, 0.1) is 11.3 Å². The molecule has 0 unspecified atom stereocenters. The van der Waals surface area contributed by atoms with E-state index in [1.165, 1.54) is 6.92 Å². The monoisotopic (exact) mass is 218 g/mol. The van der Waals surface area contributed by atoms with Gasteiger partial charge in [-0.25, -0.2) is 0 Å². The molecule has 2 N–H and O–H groups in total. The first kappa shape index (κ1) is 11.0. The fourth-order valence-electron chi connectivity index (χ4n) is 1.65. The van der Waals surface area contributed by atoms with Crippen LogP contribution in [0.15, 0.2) is 11.1 Å². The van der Waals surface area contributed by atoms with Gasteiger partial charge in [0, 0.05) is 5.03 Å². The topological polar surface area (TPSA) is 74.6 Å². The van der Waals surface area contributed by atoms with Crippen LogP contribution < -0.4 is 0 Å². The van der Waals surface area contributed by atoms with E-state index in [0.717, 1.165) is 0 Å². The summed E-state index contributed by atoms with van der Waals surface area (Å²) >= 11 is 5.72. The molecule has 0 amide bonds. The van der Waals surface area contributed by atoms with Gasteiger partial charge in [-0.2, -0.15) is 0 Å². The maximum absolute atomic E-state index is 11.0. The van der Waals surface area contributed by atoms with E-state index in [2.05, 4.69) is 0 Å². The average Bonchev–Trinajstić information content (AvgIpc) is 2.02. The fourth-order valence-corrected chi connectivity index (χ4v) is 2.02. The molecule has 0 bridgehead atoms. The van der Waals surface area contributed by atoms with Crippen LogP contribution in [0.4, 0.5) is 0 Å². The Kier molecular flexibility index (Phi) is 2.85. The van der Waals surface area contributed by atoms with Crippen molar-refractivity contribution in [3.05, 3.63) is 11.1 Å². The number of aliphatic carboxylic acids is 2. The van der Waals surface area contributed by atoms with Crippen LogP contribution in [-0.2, 0) is 9.59 Å². The van der Waals surface area contributed by atoms with E-state index in [9.17, 15) is 9.59 Å². The van der Waals surface area contributed by atoms with Gasteiger partial charge in [-0.15, -0.1) is 0 Å². The number of rotatable bonds is 2. The molecule has 4 nitrogen and oxygen atoms in total. The van der Waals surface area contributed by atoms with Crippen molar-refractivity contribution in [3.63, 3.8) is 0 Å². The van der Waals surface area contributed by atoms with Crippen molar-refractivity contribution >= 4 is 23.5 Å². The van der Waals surface area contributed by atoms with Gasteiger partial charge < -0.3 is 10.2 Å². The van der Waals surface area contributed by atoms with Gasteiger partial charge in [-0.1, -0.05) is 17.7 Å². The molecule has 5 heteroatoms. The van der Waals surface area contributed by atoms with Crippen LogP contribution in [0.1, 0.15) is 19.8 Å². The predicted octanol–water partition coefficient (Wildman–Crippen LogP) is 1.69. The number of carboxylic acids is 2. The molecule has 0 heterocycles. The first-order valence-corrected chi connectivity index (χ1v) is 4.56. The van der Waals surface area contributed by atoms with Crippen molar-refractivity contribution < 1.29 is 19.8 Å². The van der Waals surface area contributed by atoms with E-state index in [1.807, 2.05) is 0 Å². The number of carboxylic acid groups (broad SMARTS) is 2. The highest BCUT2D eigenvalue weighted by Gasteiger charge is 2.47. The van der Waals surface area contributed by atoms with Crippen LogP contribution in [0.25, 0.3) is 0 Å². The Morgan fingerprint density at radius 1 is 1.57 bits per heavy atom. The highest BCUT2D eigenvalue weighted by molar-refractivity contribution is 6.29. The van der Waals surface area contributed by atoms with Crippen LogP contribution in [0.2, 0.25) is 0 Å². The van der Waals surface area contributed by atoms with Gasteiger partial charge in [-0.05, 0) is 19.8 Å². The zero-order valence-electron chi connectivity index (χ0n) is 7.66. The molecular formula is C9H11ClO4. The van der Waals surface area contributed by atoms with E-state index in [1.54, 1.807) is 6.08 Å². The zero-order valence-corrected chi connectivity index (χ0v) is 8.41. The summed E-state index contributed by atoms with van der Waals surface area (Å²) in [4.78, 5) is 21.8. The lowest BCUT2D eigenvalue weighted by atomic mass is 9.70. The molecule has 1 rings (SSSR count). The molecular weight excluding hydrogens is 208 g/mol. The van der Waals surface area contributed by atoms with E-state index >= 15 is 0 Å². The van der Waals surface area contributed by atoms with Crippen LogP contribution >= 0.6 is 11.6 Å². The number of hydrogen-bond donors (Lipinski definition) is 2. The number of carbonyl (C=O) groups is 2. The van der Waals surface area contributed by atoms with Crippen molar-refractivity contribution in [2.45, 2.75) is 19.8 Å². The minimum absolute atomic E-state index is 0.0842. The van der Waals surface area contributed by atoms with Gasteiger partial charge >= 0.3 is 11.9 Å². The van der Waals surface area contributed by atoms with Gasteiger partial charge in [0.1, 0.15) is 0 Å². The van der Waals surface area contributed by atoms with Crippen LogP contribution in [0.3, 0.4) is 0 Å². The molecule has 0 radical (unpaired) electrons. The summed E-state index contributed by atoms with van der Waals surface area (Å²) in [6.45, 7) is 1.42. The lowest BCUT2D eigenvalue weighted by Crippen LogP contribution is -2.41. The Hall–Kier alpha value is -1.03. The molecule has 0 aliphatic heterocycles. The summed E-state index contributed by atoms with van der Waals surface area (Å²) in [5, 5.41) is 18.3. The maximum Gasteiger partial charge on any atom is 0.310 e. The third-order valence-corrected chi connectivity index (χ3v) is 2.95. The quantitative estimate of drug-likeness (QED) is 0.740. The Balaban J connectivity index is 3.06. The standard InChI is InChI=1S/C9H11ClO4/c1-9(8(13)14)4-5(10)2-3-6(9)7(11)12/h2,6H,3-4H2,1H3,(H,11,12)(H,13,14)/t6-,9-/m1/s1. The second-order valence-corrected chi connectivity index (χ2v) is 4.16. The molecule has 0 fully saturated rings. The fraction of sp³-hybridized carbons (Fsp3) is 0.556. The first-order valence-electron chi connectivity index (χ1n) is 4.18. The summed E-state index contributed by atoms with van der Waals surface area (Å²) in [7, 11) is 0. The van der Waals surface area contributed by atoms with Crippen molar-refractivity contribution in [2.75, 3.05) is 0 Å². The Morgan fingerprint density at radius 2 is 2.14 bits per heavy atom. The first-order chi connectivity index (χ1) is 6.38. The van der Waals surface area contributed by atoms with Crippen molar-refractivity contribution in [1.29, 1.82) is 0 Å². The summed E-state index contributed by atoms with van der Waals surface area (Å²) in [5.41, 5.74) is -1.29. The lowest BCUT2D eigenvalue weighted by molar-refractivity contribution is -0.161. The summed E-state index contributed by atoms with van der Waals surface area (Å²) in [5.74, 6) is -3.10. The highest BCUT2D eigenvalue weighted by Crippen LogP contribution is 2.42. The maximum atomic E-state index is 11.0. The lowest BCUT2D eigenvalue weighted by Gasteiger charge is -2.33. The smallest absolute Gasteiger partial charge is 0.310 e. The van der Waals surface area contributed by atoms with Gasteiger partial charge in [0.2, 0.25) is 0 Å². The van der Waals surface area contributed by atoms with E-state index in [4.69, 9.17) is 21.8 Å². The molecule has 0 saturated carbocycles. The number of halogens is 1. The summed E-state index contributed by atoms with van der Waals surface area (Å²) in [6.07, 6.45) is 1.84. The number of hydrogen-bond acceptors (Lipinski definition) is 2. The Morgan fingerprint density at radius 3 is 2.57 bits per heavy atom. The predicted molar refractivity (Wildman–Crippen MR) is 50.0 cm³/mol. The van der Waals surface area contributed by atoms with Crippen LogP contribution in [-0.4, -0.2) is 22.2 Å². The largest absolute Gasteiger partial charge is 0.481 e. The molecule has 0 aromatic heterocycles. The molecule has 1 aliphatic rings. The Bertz CT molecular complexity index is 310. The minimum Gasteiger partial charge on any atom is -0.481 e. The van der Waals surface area contributed by atoms with E-state index in [0.29, 0.717) is 5.03 Å². The summed E-state index contributed by atoms with van der Waals surface area (Å²) < 4.78 is 0. The highest BCUT2D eigenvalue weighted by atomic mass is 35.5. The molecule has 0 aromatic rings. The van der Waals surface area contributed by atoms with E-state index < -0.39 is 23.3 Å². The second kappa shape index (κ2) is 3.61. The minimum atomic E-state index is -1.29. The van der Waals surface area contributed by atoms with Crippen molar-refractivity contribution in [1.82, 2.24) is 0 Å². The third-order valence-electron chi connectivity index (χ3n) is 2.67. The molecule has 0 aromatic carbocycles. The van der Waals surface area contributed by atoms with Gasteiger partial charge in [0.25, 0.3) is 0 Å². The van der Waals surface area contributed by atoms with E-state index in [-0.39, 0.29) is 12.8 Å². The van der Waals surface area contributed by atoms with Gasteiger partial charge in [-0.3, -0.25) is 9.59 Å². The second-order valence-electron chi connectivity index (χ2n) is 3.68. The van der Waals surface area contributed by atoms with Gasteiger partial charge in [0.05, 0.1) is 11.3 Å². The molecule has 1 aliphatic carbocycles. The SMILES string of the molecule is C[C@@]1(C(=O)O)CC(Cl)=CC[C@@H]1C(=O)O. The normalized spacial score (nSPS) is 32.1. The molecule has 0 spiro atoms. The number of allylic oxidation sites excluding steroid dienone is 2. The van der Waals surface area contributed by atoms with Crippen LogP contribution in [0.5, 0.6) is 0 Å². The van der Waals surface area contributed by atoms with Crippen molar-refractivity contribution in [2.24, 2.45) is 11.3 Å². The zero-order chi connectivity index (χ0) is 10.9. The van der Waals surface area contributed by atoms with Gasteiger partial charge in [0.15, 0.2) is 0 Å². The molecule has 2 atom stereocenters. The third kappa shape index (κ3) is 1.75. The average molecular weight is 219 g/mol. The Labute approximate surface area is 86.2 Å². The summed E-state index contributed by atoms with van der Waals surface area (Å²) in [6, 6.07) is 0. The molecule has 78 valence electrons.